The third-order valence-corrected chi connectivity index (χ3v) is 6.60. The number of carbonyl (C=O) groups excluding carboxylic acids is 1. The number of aryl methyl sites for hydroxylation is 1. The van der Waals surface area contributed by atoms with Crippen LogP contribution in [0.3, 0.4) is 0 Å². The maximum absolute atomic E-state index is 13.9. The first-order chi connectivity index (χ1) is 12.8. The number of amides is 1. The van der Waals surface area contributed by atoms with Gasteiger partial charge in [-0.2, -0.15) is 4.31 Å². The zero-order chi connectivity index (χ0) is 19.6. The van der Waals surface area contributed by atoms with Gasteiger partial charge in [0.1, 0.15) is 11.6 Å². The lowest BCUT2D eigenvalue weighted by molar-refractivity contribution is 0.0697. The van der Waals surface area contributed by atoms with Gasteiger partial charge >= 0.3 is 0 Å². The maximum Gasteiger partial charge on any atom is 0.253 e. The van der Waals surface area contributed by atoms with E-state index < -0.39 is 26.6 Å². The average molecular weight is 394 g/mol. The van der Waals surface area contributed by atoms with Gasteiger partial charge in [0.2, 0.25) is 10.0 Å². The molecule has 3 rings (SSSR count). The van der Waals surface area contributed by atoms with Gasteiger partial charge in [0.15, 0.2) is 4.90 Å². The van der Waals surface area contributed by atoms with E-state index in [1.54, 1.807) is 17.0 Å². The fraction of sp³-hybridized carbons (Fsp3) is 0.316. The van der Waals surface area contributed by atoms with Crippen LogP contribution in [0, 0.1) is 11.6 Å². The Labute approximate surface area is 157 Å². The van der Waals surface area contributed by atoms with E-state index >= 15 is 0 Å². The highest BCUT2D eigenvalue weighted by atomic mass is 32.2. The largest absolute Gasteiger partial charge is 0.336 e. The number of halogens is 2. The molecule has 27 heavy (non-hydrogen) atoms. The van der Waals surface area contributed by atoms with E-state index in [-0.39, 0.29) is 32.1 Å². The summed E-state index contributed by atoms with van der Waals surface area (Å²) in [6.07, 6.45) is 0.873. The molecule has 1 saturated heterocycles. The van der Waals surface area contributed by atoms with E-state index in [0.717, 1.165) is 34.5 Å². The zero-order valence-electron chi connectivity index (χ0n) is 14.9. The standard InChI is InChI=1S/C19H20F2N2O3S/c1-2-14-6-8-15(9-7-14)19(24)22-10-12-23(13-11-22)27(25,26)18-16(20)4-3-5-17(18)21/h3-9H,2,10-13H2,1H3. The Kier molecular flexibility index (Phi) is 5.57. The molecule has 0 radical (unpaired) electrons. The smallest absolute Gasteiger partial charge is 0.253 e. The highest BCUT2D eigenvalue weighted by Gasteiger charge is 2.34. The van der Waals surface area contributed by atoms with Crippen LogP contribution in [0.25, 0.3) is 0 Å². The topological polar surface area (TPSA) is 57.7 Å². The minimum Gasteiger partial charge on any atom is -0.336 e. The average Bonchev–Trinajstić information content (AvgIpc) is 2.67. The molecule has 0 atom stereocenters. The Hall–Kier alpha value is -2.32. The lowest BCUT2D eigenvalue weighted by Gasteiger charge is -2.34. The molecule has 144 valence electrons. The van der Waals surface area contributed by atoms with Gasteiger partial charge in [-0.15, -0.1) is 0 Å². The summed E-state index contributed by atoms with van der Waals surface area (Å²) in [5.41, 5.74) is 1.65. The molecule has 0 spiro atoms. The SMILES string of the molecule is CCc1ccc(C(=O)N2CCN(S(=O)(=O)c3c(F)cccc3F)CC2)cc1. The molecule has 0 N–H and O–H groups in total. The zero-order valence-corrected chi connectivity index (χ0v) is 15.7. The summed E-state index contributed by atoms with van der Waals surface area (Å²) < 4.78 is 53.9. The third-order valence-electron chi connectivity index (χ3n) is 4.65. The van der Waals surface area contributed by atoms with Gasteiger partial charge in [-0.1, -0.05) is 25.1 Å². The second-order valence-electron chi connectivity index (χ2n) is 6.30. The van der Waals surface area contributed by atoms with Crippen molar-refractivity contribution in [3.8, 4) is 0 Å². The molecule has 8 heteroatoms. The first-order valence-electron chi connectivity index (χ1n) is 8.67. The molecule has 2 aromatic carbocycles. The quantitative estimate of drug-likeness (QED) is 0.801. The number of nitrogens with zero attached hydrogens (tertiary/aromatic N) is 2. The summed E-state index contributed by atoms with van der Waals surface area (Å²) in [6.45, 7) is 2.30. The molecule has 1 amide bonds. The van der Waals surface area contributed by atoms with Gasteiger partial charge in [0.05, 0.1) is 0 Å². The van der Waals surface area contributed by atoms with E-state index in [0.29, 0.717) is 5.56 Å². The predicted octanol–water partition coefficient (Wildman–Crippen LogP) is 2.67. The monoisotopic (exact) mass is 394 g/mol. The van der Waals surface area contributed by atoms with Crippen LogP contribution in [-0.4, -0.2) is 49.7 Å². The molecule has 0 unspecified atom stereocenters. The van der Waals surface area contributed by atoms with E-state index in [2.05, 4.69) is 0 Å². The van der Waals surface area contributed by atoms with Crippen molar-refractivity contribution in [2.24, 2.45) is 0 Å². The molecule has 0 saturated carbocycles. The first-order valence-corrected chi connectivity index (χ1v) is 10.1. The second-order valence-corrected chi connectivity index (χ2v) is 8.17. The molecule has 1 aliphatic heterocycles. The molecule has 5 nitrogen and oxygen atoms in total. The fourth-order valence-electron chi connectivity index (χ4n) is 3.06. The predicted molar refractivity (Wildman–Crippen MR) is 96.8 cm³/mol. The number of benzene rings is 2. The van der Waals surface area contributed by atoms with Crippen LogP contribution >= 0.6 is 0 Å². The molecule has 1 heterocycles. The number of carbonyl (C=O) groups is 1. The molecule has 1 fully saturated rings. The summed E-state index contributed by atoms with van der Waals surface area (Å²) in [5.74, 6) is -2.43. The highest BCUT2D eigenvalue weighted by Crippen LogP contribution is 2.24. The normalized spacial score (nSPS) is 15.7. The lowest BCUT2D eigenvalue weighted by Crippen LogP contribution is -2.50. The minimum absolute atomic E-state index is 0.0190. The van der Waals surface area contributed by atoms with Crippen molar-refractivity contribution < 1.29 is 22.0 Å². The van der Waals surface area contributed by atoms with E-state index in [1.165, 1.54) is 0 Å². The minimum atomic E-state index is -4.30. The highest BCUT2D eigenvalue weighted by molar-refractivity contribution is 7.89. The summed E-state index contributed by atoms with van der Waals surface area (Å²) in [7, 11) is -4.30. The van der Waals surface area contributed by atoms with Crippen molar-refractivity contribution >= 4 is 15.9 Å². The van der Waals surface area contributed by atoms with Crippen LogP contribution < -0.4 is 0 Å². The van der Waals surface area contributed by atoms with Crippen LogP contribution in [0.4, 0.5) is 8.78 Å². The summed E-state index contributed by atoms with van der Waals surface area (Å²) >= 11 is 0. The Morgan fingerprint density at radius 3 is 2.04 bits per heavy atom. The summed E-state index contributed by atoms with van der Waals surface area (Å²) in [5, 5.41) is 0. The van der Waals surface area contributed by atoms with Crippen molar-refractivity contribution in [2.45, 2.75) is 18.2 Å². The Morgan fingerprint density at radius 2 is 1.52 bits per heavy atom. The molecule has 1 aliphatic rings. The van der Waals surface area contributed by atoms with Crippen LogP contribution in [0.2, 0.25) is 0 Å². The number of rotatable bonds is 4. The van der Waals surface area contributed by atoms with Gasteiger partial charge in [-0.05, 0) is 36.2 Å². The summed E-state index contributed by atoms with van der Waals surface area (Å²) in [6, 6.07) is 10.2. The third kappa shape index (κ3) is 3.86. The Morgan fingerprint density at radius 1 is 0.963 bits per heavy atom. The van der Waals surface area contributed by atoms with Crippen molar-refractivity contribution in [2.75, 3.05) is 26.2 Å². The van der Waals surface area contributed by atoms with Gasteiger partial charge in [-0.25, -0.2) is 17.2 Å². The molecule has 0 bridgehead atoms. The van der Waals surface area contributed by atoms with Gasteiger partial charge in [-0.3, -0.25) is 4.79 Å². The van der Waals surface area contributed by atoms with E-state index in [4.69, 9.17) is 0 Å². The van der Waals surface area contributed by atoms with Crippen LogP contribution in [0.1, 0.15) is 22.8 Å². The Bertz CT molecular complexity index is 918. The molecular weight excluding hydrogens is 374 g/mol. The van der Waals surface area contributed by atoms with Crippen LogP contribution in [-0.2, 0) is 16.4 Å². The summed E-state index contributed by atoms with van der Waals surface area (Å²) in [4.78, 5) is 13.2. The van der Waals surface area contributed by atoms with Crippen molar-refractivity contribution in [3.63, 3.8) is 0 Å². The van der Waals surface area contributed by atoms with Gasteiger partial charge in [0.25, 0.3) is 5.91 Å². The van der Waals surface area contributed by atoms with Gasteiger partial charge < -0.3 is 4.90 Å². The number of sulfonamides is 1. The van der Waals surface area contributed by atoms with Crippen LogP contribution in [0.15, 0.2) is 47.4 Å². The molecule has 0 aromatic heterocycles. The lowest BCUT2D eigenvalue weighted by atomic mass is 10.1. The van der Waals surface area contributed by atoms with Gasteiger partial charge in [0, 0.05) is 31.7 Å². The van der Waals surface area contributed by atoms with E-state index in [9.17, 15) is 22.0 Å². The van der Waals surface area contributed by atoms with Crippen molar-refractivity contribution in [1.29, 1.82) is 0 Å². The second kappa shape index (κ2) is 7.74. The molecular formula is C19H20F2N2O3S. The van der Waals surface area contributed by atoms with Crippen LogP contribution in [0.5, 0.6) is 0 Å². The number of hydrogen-bond acceptors (Lipinski definition) is 3. The fourth-order valence-corrected chi connectivity index (χ4v) is 4.59. The van der Waals surface area contributed by atoms with Crippen molar-refractivity contribution in [3.05, 3.63) is 65.2 Å². The number of hydrogen-bond donors (Lipinski definition) is 0. The van der Waals surface area contributed by atoms with E-state index in [1.807, 2.05) is 19.1 Å². The maximum atomic E-state index is 13.9. The number of piperazine rings is 1. The molecule has 0 aliphatic carbocycles. The first kappa shape index (κ1) is 19.4. The van der Waals surface area contributed by atoms with Crippen molar-refractivity contribution in [1.82, 2.24) is 9.21 Å². The Balaban J connectivity index is 1.72. The molecule has 2 aromatic rings.